The van der Waals surface area contributed by atoms with E-state index in [9.17, 15) is 0 Å². The lowest BCUT2D eigenvalue weighted by Crippen LogP contribution is -2.22. The van der Waals surface area contributed by atoms with Crippen LogP contribution in [0, 0.1) is 5.92 Å². The minimum absolute atomic E-state index is 0.231. The molecule has 0 saturated carbocycles. The first-order valence-electron chi connectivity index (χ1n) is 5.95. The van der Waals surface area contributed by atoms with Crippen LogP contribution < -0.4 is 5.32 Å². The normalized spacial score (nSPS) is 12.8. The van der Waals surface area contributed by atoms with Gasteiger partial charge in [-0.1, -0.05) is 19.1 Å². The number of hydrogen-bond donors (Lipinski definition) is 2. The molecule has 2 rings (SSSR count). The van der Waals surface area contributed by atoms with Gasteiger partial charge >= 0.3 is 0 Å². The summed E-state index contributed by atoms with van der Waals surface area (Å²) in [6, 6.07) is 10.3. The van der Waals surface area contributed by atoms with Crippen LogP contribution in [0.1, 0.15) is 12.5 Å². The molecule has 0 amide bonds. The van der Waals surface area contributed by atoms with Gasteiger partial charge in [-0.3, -0.25) is 4.98 Å². The van der Waals surface area contributed by atoms with Crippen molar-refractivity contribution in [2.45, 2.75) is 13.5 Å². The van der Waals surface area contributed by atoms with Gasteiger partial charge in [0.25, 0.3) is 0 Å². The van der Waals surface area contributed by atoms with E-state index >= 15 is 0 Å². The zero-order valence-corrected chi connectivity index (χ0v) is 10.1. The third-order valence-corrected chi connectivity index (χ3v) is 2.80. The van der Waals surface area contributed by atoms with Crippen LogP contribution in [0.2, 0.25) is 0 Å². The first kappa shape index (κ1) is 12.0. The van der Waals surface area contributed by atoms with Gasteiger partial charge in [0, 0.05) is 31.3 Å². The molecule has 0 fully saturated rings. The van der Waals surface area contributed by atoms with E-state index in [0.29, 0.717) is 5.92 Å². The number of rotatable bonds is 5. The molecule has 1 heterocycles. The second kappa shape index (κ2) is 5.75. The Labute approximate surface area is 102 Å². The highest BCUT2D eigenvalue weighted by molar-refractivity contribution is 5.78. The summed E-state index contributed by atoms with van der Waals surface area (Å²) in [5.41, 5.74) is 2.27. The topological polar surface area (TPSA) is 45.1 Å². The van der Waals surface area contributed by atoms with Gasteiger partial charge in [0.05, 0.1) is 5.52 Å². The van der Waals surface area contributed by atoms with Gasteiger partial charge in [-0.15, -0.1) is 0 Å². The lowest BCUT2D eigenvalue weighted by atomic mass is 10.1. The van der Waals surface area contributed by atoms with Crippen LogP contribution in [-0.4, -0.2) is 23.2 Å². The van der Waals surface area contributed by atoms with E-state index in [-0.39, 0.29) is 6.61 Å². The minimum atomic E-state index is 0.231. The third-order valence-electron chi connectivity index (χ3n) is 2.80. The smallest absolute Gasteiger partial charge is 0.0702 e. The van der Waals surface area contributed by atoms with E-state index in [4.69, 9.17) is 5.11 Å². The Bertz CT molecular complexity index is 484. The second-order valence-electron chi connectivity index (χ2n) is 4.45. The van der Waals surface area contributed by atoms with Gasteiger partial charge in [0.1, 0.15) is 0 Å². The maximum absolute atomic E-state index is 8.93. The molecule has 0 aliphatic heterocycles. The molecule has 2 N–H and O–H groups in total. The summed E-state index contributed by atoms with van der Waals surface area (Å²) in [7, 11) is 0. The predicted molar refractivity (Wildman–Crippen MR) is 69.7 cm³/mol. The minimum Gasteiger partial charge on any atom is -0.396 e. The van der Waals surface area contributed by atoms with Gasteiger partial charge < -0.3 is 10.4 Å². The van der Waals surface area contributed by atoms with Gasteiger partial charge in [-0.2, -0.15) is 0 Å². The predicted octanol–water partition coefficient (Wildman–Crippen LogP) is 1.95. The van der Waals surface area contributed by atoms with E-state index in [1.807, 2.05) is 25.3 Å². The van der Waals surface area contributed by atoms with Gasteiger partial charge in [0.2, 0.25) is 0 Å². The molecule has 1 unspecified atom stereocenters. The Hall–Kier alpha value is -1.45. The summed E-state index contributed by atoms with van der Waals surface area (Å²) in [6.07, 6.45) is 1.81. The number of hydrogen-bond acceptors (Lipinski definition) is 3. The molecule has 0 bridgehead atoms. The molecule has 0 aliphatic carbocycles. The Kier molecular flexibility index (Phi) is 4.07. The van der Waals surface area contributed by atoms with Crippen molar-refractivity contribution in [1.82, 2.24) is 10.3 Å². The van der Waals surface area contributed by atoms with Crippen molar-refractivity contribution in [1.29, 1.82) is 0 Å². The van der Waals surface area contributed by atoms with Gasteiger partial charge in [-0.25, -0.2) is 0 Å². The van der Waals surface area contributed by atoms with Gasteiger partial charge in [0.15, 0.2) is 0 Å². The molecular weight excluding hydrogens is 212 g/mol. The monoisotopic (exact) mass is 230 g/mol. The third kappa shape index (κ3) is 3.25. The van der Waals surface area contributed by atoms with Crippen LogP contribution in [0.25, 0.3) is 10.9 Å². The van der Waals surface area contributed by atoms with Crippen LogP contribution in [0.5, 0.6) is 0 Å². The number of fused-ring (bicyclic) bond motifs is 1. The fourth-order valence-electron chi connectivity index (χ4n) is 1.76. The van der Waals surface area contributed by atoms with Crippen molar-refractivity contribution in [3.05, 3.63) is 42.1 Å². The summed E-state index contributed by atoms with van der Waals surface area (Å²) in [5, 5.41) is 13.4. The molecule has 3 nitrogen and oxygen atoms in total. The lowest BCUT2D eigenvalue weighted by Gasteiger charge is -2.09. The summed E-state index contributed by atoms with van der Waals surface area (Å²) in [4.78, 5) is 4.29. The molecule has 0 saturated heterocycles. The van der Waals surface area contributed by atoms with Crippen molar-refractivity contribution in [2.75, 3.05) is 13.2 Å². The highest BCUT2D eigenvalue weighted by Crippen LogP contribution is 2.13. The highest BCUT2D eigenvalue weighted by Gasteiger charge is 2.00. The number of aliphatic hydroxyl groups is 1. The number of pyridine rings is 1. The largest absolute Gasteiger partial charge is 0.396 e. The molecule has 1 aromatic carbocycles. The molecule has 0 aliphatic rings. The number of benzene rings is 1. The van der Waals surface area contributed by atoms with Crippen molar-refractivity contribution >= 4 is 10.9 Å². The van der Waals surface area contributed by atoms with Crippen molar-refractivity contribution in [3.8, 4) is 0 Å². The molecule has 1 atom stereocenters. The van der Waals surface area contributed by atoms with Crippen LogP contribution in [-0.2, 0) is 6.54 Å². The van der Waals surface area contributed by atoms with E-state index in [0.717, 1.165) is 18.6 Å². The summed E-state index contributed by atoms with van der Waals surface area (Å²) in [5.74, 6) is 0.303. The molecule has 0 spiro atoms. The Morgan fingerprint density at radius 2 is 2.24 bits per heavy atom. The van der Waals surface area contributed by atoms with Crippen molar-refractivity contribution in [2.24, 2.45) is 5.92 Å². The number of aromatic nitrogens is 1. The zero-order valence-electron chi connectivity index (χ0n) is 10.1. The fraction of sp³-hybridized carbons (Fsp3) is 0.357. The summed E-state index contributed by atoms with van der Waals surface area (Å²) < 4.78 is 0. The average Bonchev–Trinajstić information content (AvgIpc) is 2.38. The van der Waals surface area contributed by atoms with Crippen LogP contribution in [0.15, 0.2) is 36.5 Å². The van der Waals surface area contributed by atoms with E-state index in [1.165, 1.54) is 10.9 Å². The number of aliphatic hydroxyl groups excluding tert-OH is 1. The average molecular weight is 230 g/mol. The Morgan fingerprint density at radius 3 is 3.06 bits per heavy atom. The first-order chi connectivity index (χ1) is 8.29. The second-order valence-corrected chi connectivity index (χ2v) is 4.45. The van der Waals surface area contributed by atoms with E-state index < -0.39 is 0 Å². The molecule has 3 heteroatoms. The Morgan fingerprint density at radius 1 is 1.35 bits per heavy atom. The highest BCUT2D eigenvalue weighted by atomic mass is 16.3. The molecule has 17 heavy (non-hydrogen) atoms. The molecular formula is C14H18N2O. The molecule has 2 aromatic rings. The first-order valence-corrected chi connectivity index (χ1v) is 5.95. The summed E-state index contributed by atoms with van der Waals surface area (Å²) >= 11 is 0. The SMILES string of the molecule is CC(CO)CNCc1ccc2ncccc2c1. The quantitative estimate of drug-likeness (QED) is 0.825. The maximum atomic E-state index is 8.93. The zero-order chi connectivity index (χ0) is 12.1. The standard InChI is InChI=1S/C14H18N2O/c1-11(10-17)8-15-9-12-4-5-14-13(7-12)3-2-6-16-14/h2-7,11,15,17H,8-10H2,1H3. The molecule has 1 aromatic heterocycles. The van der Waals surface area contributed by atoms with Crippen molar-refractivity contribution < 1.29 is 5.11 Å². The van der Waals surface area contributed by atoms with Crippen LogP contribution >= 0.6 is 0 Å². The van der Waals surface area contributed by atoms with Gasteiger partial charge in [-0.05, 0) is 29.7 Å². The fourth-order valence-corrected chi connectivity index (χ4v) is 1.76. The van der Waals surface area contributed by atoms with Crippen molar-refractivity contribution in [3.63, 3.8) is 0 Å². The molecule has 0 radical (unpaired) electrons. The number of nitrogens with zero attached hydrogens (tertiary/aromatic N) is 1. The number of nitrogens with one attached hydrogen (secondary N) is 1. The van der Waals surface area contributed by atoms with E-state index in [2.05, 4.69) is 28.5 Å². The van der Waals surface area contributed by atoms with Crippen LogP contribution in [0.4, 0.5) is 0 Å². The van der Waals surface area contributed by atoms with Crippen LogP contribution in [0.3, 0.4) is 0 Å². The maximum Gasteiger partial charge on any atom is 0.0702 e. The molecule has 90 valence electrons. The van der Waals surface area contributed by atoms with E-state index in [1.54, 1.807) is 0 Å². The lowest BCUT2D eigenvalue weighted by molar-refractivity contribution is 0.233. The summed E-state index contributed by atoms with van der Waals surface area (Å²) in [6.45, 7) is 3.92. The Balaban J connectivity index is 1.99.